The van der Waals surface area contributed by atoms with E-state index in [4.69, 9.17) is 4.74 Å². The molecule has 0 amide bonds. The minimum Gasteiger partial charge on any atom is -0.353 e. The zero-order chi connectivity index (χ0) is 15.3. The Bertz CT molecular complexity index is 265. The molecule has 0 spiro atoms. The Labute approximate surface area is 105 Å². The van der Waals surface area contributed by atoms with Gasteiger partial charge in [0.1, 0.15) is 6.61 Å². The first kappa shape index (κ1) is 18.4. The van der Waals surface area contributed by atoms with Crippen molar-refractivity contribution in [2.75, 3.05) is 13.2 Å². The van der Waals surface area contributed by atoms with E-state index in [1.165, 1.54) is 0 Å². The second-order valence-electron chi connectivity index (χ2n) is 3.88. The van der Waals surface area contributed by atoms with Gasteiger partial charge >= 0.3 is 18.0 Å². The molecule has 0 N–H and O–H groups in total. The molecule has 116 valence electrons. The standard InChI is InChI=1S/C10H15F7O2/c1-3-4-5-18-7(2)19-6-8(11,12)9(13,14)10(15,16)17/h7H,3-6H2,1-2H3. The lowest BCUT2D eigenvalue weighted by Crippen LogP contribution is -2.54. The van der Waals surface area contributed by atoms with Gasteiger partial charge < -0.3 is 9.47 Å². The number of halogens is 7. The van der Waals surface area contributed by atoms with Crippen molar-refractivity contribution in [3.63, 3.8) is 0 Å². The summed E-state index contributed by atoms with van der Waals surface area (Å²) < 4.78 is 94.9. The molecule has 19 heavy (non-hydrogen) atoms. The van der Waals surface area contributed by atoms with Crippen LogP contribution in [0.2, 0.25) is 0 Å². The van der Waals surface area contributed by atoms with E-state index >= 15 is 0 Å². The normalized spacial score (nSPS) is 15.6. The molecule has 0 aliphatic carbocycles. The Kier molecular flexibility index (Phi) is 6.53. The molecule has 0 aliphatic rings. The van der Waals surface area contributed by atoms with Crippen molar-refractivity contribution < 1.29 is 40.2 Å². The molecule has 0 rings (SSSR count). The summed E-state index contributed by atoms with van der Waals surface area (Å²) in [6.07, 6.45) is -6.30. The second-order valence-corrected chi connectivity index (χ2v) is 3.88. The van der Waals surface area contributed by atoms with Gasteiger partial charge in [-0.3, -0.25) is 0 Å². The minimum absolute atomic E-state index is 0.138. The number of rotatable bonds is 8. The zero-order valence-electron chi connectivity index (χ0n) is 10.4. The van der Waals surface area contributed by atoms with Crippen LogP contribution in [0.4, 0.5) is 30.7 Å². The van der Waals surface area contributed by atoms with E-state index in [-0.39, 0.29) is 6.61 Å². The molecule has 0 aliphatic heterocycles. The molecule has 0 radical (unpaired) electrons. The van der Waals surface area contributed by atoms with E-state index in [0.29, 0.717) is 6.42 Å². The van der Waals surface area contributed by atoms with Crippen LogP contribution in [0, 0.1) is 0 Å². The van der Waals surface area contributed by atoms with Gasteiger partial charge in [0.05, 0.1) is 0 Å². The Morgan fingerprint density at radius 2 is 1.47 bits per heavy atom. The summed E-state index contributed by atoms with van der Waals surface area (Å²) >= 11 is 0. The molecule has 1 unspecified atom stereocenters. The predicted molar refractivity (Wildman–Crippen MR) is 52.2 cm³/mol. The summed E-state index contributed by atoms with van der Waals surface area (Å²) in [6.45, 7) is 1.02. The smallest absolute Gasteiger partial charge is 0.353 e. The fraction of sp³-hybridized carbons (Fsp3) is 1.00. The number of hydrogen-bond donors (Lipinski definition) is 0. The largest absolute Gasteiger partial charge is 0.459 e. The average molecular weight is 300 g/mol. The predicted octanol–water partition coefficient (Wildman–Crippen LogP) is 4.00. The van der Waals surface area contributed by atoms with Gasteiger partial charge in [0, 0.05) is 6.61 Å². The van der Waals surface area contributed by atoms with Crippen LogP contribution in [0.1, 0.15) is 26.7 Å². The number of hydrogen-bond acceptors (Lipinski definition) is 2. The maximum atomic E-state index is 12.8. The van der Waals surface area contributed by atoms with Gasteiger partial charge in [0.25, 0.3) is 0 Å². The van der Waals surface area contributed by atoms with E-state index in [1.54, 1.807) is 0 Å². The summed E-state index contributed by atoms with van der Waals surface area (Å²) in [4.78, 5) is 0. The van der Waals surface area contributed by atoms with Gasteiger partial charge in [-0.25, -0.2) is 0 Å². The number of ether oxygens (including phenoxy) is 2. The van der Waals surface area contributed by atoms with Gasteiger partial charge in [-0.1, -0.05) is 13.3 Å². The minimum atomic E-state index is -6.34. The quantitative estimate of drug-likeness (QED) is 0.383. The maximum absolute atomic E-state index is 12.8. The fourth-order valence-electron chi connectivity index (χ4n) is 0.962. The van der Waals surface area contributed by atoms with Crippen molar-refractivity contribution in [1.82, 2.24) is 0 Å². The third-order valence-corrected chi connectivity index (χ3v) is 2.17. The summed E-state index contributed by atoms with van der Waals surface area (Å²) in [5.41, 5.74) is 0. The van der Waals surface area contributed by atoms with Gasteiger partial charge in [-0.15, -0.1) is 0 Å². The van der Waals surface area contributed by atoms with E-state index < -0.39 is 30.9 Å². The van der Waals surface area contributed by atoms with Crippen molar-refractivity contribution in [2.24, 2.45) is 0 Å². The van der Waals surface area contributed by atoms with E-state index in [9.17, 15) is 30.7 Å². The van der Waals surface area contributed by atoms with Crippen molar-refractivity contribution in [1.29, 1.82) is 0 Å². The van der Waals surface area contributed by atoms with Crippen molar-refractivity contribution >= 4 is 0 Å². The molecule has 9 heteroatoms. The van der Waals surface area contributed by atoms with Gasteiger partial charge in [0.2, 0.25) is 0 Å². The van der Waals surface area contributed by atoms with Crippen LogP contribution in [0.3, 0.4) is 0 Å². The van der Waals surface area contributed by atoms with Crippen LogP contribution >= 0.6 is 0 Å². The molecule has 0 saturated heterocycles. The molecular weight excluding hydrogens is 285 g/mol. The molecule has 0 aromatic rings. The Morgan fingerprint density at radius 3 is 1.89 bits per heavy atom. The molecule has 0 heterocycles. The van der Waals surface area contributed by atoms with E-state index in [0.717, 1.165) is 13.3 Å². The van der Waals surface area contributed by atoms with Crippen molar-refractivity contribution in [2.45, 2.75) is 51.0 Å². The highest BCUT2D eigenvalue weighted by atomic mass is 19.4. The molecule has 0 aromatic carbocycles. The van der Waals surface area contributed by atoms with Gasteiger partial charge in [-0.05, 0) is 13.3 Å². The first-order chi connectivity index (χ1) is 8.45. The lowest BCUT2D eigenvalue weighted by Gasteiger charge is -2.28. The highest BCUT2D eigenvalue weighted by Crippen LogP contribution is 2.46. The summed E-state index contributed by atoms with van der Waals surface area (Å²) in [6, 6.07) is 0. The highest BCUT2D eigenvalue weighted by Gasteiger charge is 2.73. The summed E-state index contributed by atoms with van der Waals surface area (Å²) in [5.74, 6) is -11.5. The molecule has 0 bridgehead atoms. The Morgan fingerprint density at radius 1 is 0.947 bits per heavy atom. The van der Waals surface area contributed by atoms with Crippen LogP contribution in [0.25, 0.3) is 0 Å². The zero-order valence-corrected chi connectivity index (χ0v) is 10.4. The molecule has 0 saturated carbocycles. The van der Waals surface area contributed by atoms with Gasteiger partial charge in [-0.2, -0.15) is 30.7 Å². The molecular formula is C10H15F7O2. The molecule has 2 nitrogen and oxygen atoms in total. The Balaban J connectivity index is 4.38. The SMILES string of the molecule is CCCCOC(C)OCC(F)(F)C(F)(F)C(F)(F)F. The third kappa shape index (κ3) is 5.13. The summed E-state index contributed by atoms with van der Waals surface area (Å²) in [7, 11) is 0. The summed E-state index contributed by atoms with van der Waals surface area (Å²) in [5, 5.41) is 0. The van der Waals surface area contributed by atoms with Crippen LogP contribution in [0.15, 0.2) is 0 Å². The lowest BCUT2D eigenvalue weighted by molar-refractivity contribution is -0.366. The maximum Gasteiger partial charge on any atom is 0.459 e. The lowest BCUT2D eigenvalue weighted by atomic mass is 10.2. The van der Waals surface area contributed by atoms with Crippen LogP contribution in [0.5, 0.6) is 0 Å². The number of alkyl halides is 7. The molecule has 0 fully saturated rings. The van der Waals surface area contributed by atoms with E-state index in [1.807, 2.05) is 6.92 Å². The van der Waals surface area contributed by atoms with Crippen LogP contribution in [-0.4, -0.2) is 37.5 Å². The van der Waals surface area contributed by atoms with Crippen molar-refractivity contribution in [3.8, 4) is 0 Å². The molecule has 0 aromatic heterocycles. The number of unbranched alkanes of at least 4 members (excludes halogenated alkanes) is 1. The van der Waals surface area contributed by atoms with Crippen LogP contribution in [-0.2, 0) is 9.47 Å². The van der Waals surface area contributed by atoms with E-state index in [2.05, 4.69) is 4.74 Å². The third-order valence-electron chi connectivity index (χ3n) is 2.17. The molecule has 1 atom stereocenters. The van der Waals surface area contributed by atoms with Crippen molar-refractivity contribution in [3.05, 3.63) is 0 Å². The monoisotopic (exact) mass is 300 g/mol. The highest BCUT2D eigenvalue weighted by molar-refractivity contribution is 4.90. The Hall–Kier alpha value is -0.570. The second kappa shape index (κ2) is 6.74. The van der Waals surface area contributed by atoms with Gasteiger partial charge in [0.15, 0.2) is 6.29 Å². The first-order valence-corrected chi connectivity index (χ1v) is 5.51. The first-order valence-electron chi connectivity index (χ1n) is 5.51. The van der Waals surface area contributed by atoms with Crippen LogP contribution < -0.4 is 0 Å². The average Bonchev–Trinajstić information content (AvgIpc) is 2.25. The fourth-order valence-corrected chi connectivity index (χ4v) is 0.962. The topological polar surface area (TPSA) is 18.5 Å².